The van der Waals surface area contributed by atoms with Gasteiger partial charge in [-0.3, -0.25) is 4.90 Å². The Morgan fingerprint density at radius 2 is 1.67 bits per heavy atom. The van der Waals surface area contributed by atoms with Gasteiger partial charge in [0.1, 0.15) is 5.75 Å². The molecule has 1 aliphatic heterocycles. The van der Waals surface area contributed by atoms with Crippen molar-refractivity contribution in [2.24, 2.45) is 5.73 Å². The lowest BCUT2D eigenvalue weighted by Crippen LogP contribution is -2.51. The fourth-order valence-electron chi connectivity index (χ4n) is 3.19. The van der Waals surface area contributed by atoms with Crippen LogP contribution >= 0.6 is 0 Å². The minimum atomic E-state index is -0.0164. The number of hydrogen-bond donors (Lipinski definition) is 1. The summed E-state index contributed by atoms with van der Waals surface area (Å²) < 4.78 is 5.51. The van der Waals surface area contributed by atoms with Crippen LogP contribution in [0.15, 0.2) is 24.3 Å². The summed E-state index contributed by atoms with van der Waals surface area (Å²) in [5.41, 5.74) is 7.77. The minimum absolute atomic E-state index is 0.0164. The third-order valence-corrected chi connectivity index (χ3v) is 4.73. The van der Waals surface area contributed by atoms with Crippen molar-refractivity contribution in [3.63, 3.8) is 0 Å². The van der Waals surface area contributed by atoms with E-state index in [4.69, 9.17) is 10.5 Å². The van der Waals surface area contributed by atoms with E-state index in [0.29, 0.717) is 6.61 Å². The van der Waals surface area contributed by atoms with Gasteiger partial charge < -0.3 is 10.5 Å². The molecule has 0 spiro atoms. The molecule has 0 radical (unpaired) electrons. The van der Waals surface area contributed by atoms with E-state index < -0.39 is 0 Å². The summed E-state index contributed by atoms with van der Waals surface area (Å²) in [6.07, 6.45) is 5.29. The van der Waals surface area contributed by atoms with Crippen molar-refractivity contribution in [1.29, 1.82) is 0 Å². The molecular weight excluding hydrogens is 260 g/mol. The summed E-state index contributed by atoms with van der Waals surface area (Å²) in [5.74, 6) is 0.918. The van der Waals surface area contributed by atoms with Gasteiger partial charge in [-0.1, -0.05) is 25.0 Å². The predicted octanol–water partition coefficient (Wildman–Crippen LogP) is 3.74. The first-order valence-electron chi connectivity index (χ1n) is 8.29. The Kier molecular flexibility index (Phi) is 5.65. The Morgan fingerprint density at radius 3 is 2.19 bits per heavy atom. The molecule has 0 aromatic heterocycles. The molecule has 2 N–H and O–H groups in total. The molecule has 3 nitrogen and oxygen atoms in total. The number of rotatable bonds is 5. The van der Waals surface area contributed by atoms with Crippen LogP contribution in [0.5, 0.6) is 5.75 Å². The molecular formula is C18H30N2O. The van der Waals surface area contributed by atoms with Crippen molar-refractivity contribution in [2.45, 2.75) is 58.0 Å². The maximum absolute atomic E-state index is 6.60. The van der Waals surface area contributed by atoms with E-state index >= 15 is 0 Å². The number of hydrogen-bond acceptors (Lipinski definition) is 3. The van der Waals surface area contributed by atoms with Crippen LogP contribution in [0.25, 0.3) is 0 Å². The van der Waals surface area contributed by atoms with Crippen molar-refractivity contribution in [1.82, 2.24) is 4.90 Å². The smallest absolute Gasteiger partial charge is 0.119 e. The highest BCUT2D eigenvalue weighted by Gasteiger charge is 2.34. The van der Waals surface area contributed by atoms with E-state index in [1.165, 1.54) is 31.2 Å². The summed E-state index contributed by atoms with van der Waals surface area (Å²) in [7, 11) is 0. The molecule has 21 heavy (non-hydrogen) atoms. The highest BCUT2D eigenvalue weighted by Crippen LogP contribution is 2.31. The van der Waals surface area contributed by atoms with E-state index in [2.05, 4.69) is 30.9 Å². The van der Waals surface area contributed by atoms with E-state index in [1.54, 1.807) is 0 Å². The molecule has 0 bridgehead atoms. The molecule has 3 heteroatoms. The van der Waals surface area contributed by atoms with Crippen molar-refractivity contribution < 1.29 is 4.74 Å². The molecule has 0 aliphatic carbocycles. The first-order chi connectivity index (χ1) is 10.1. The SMILES string of the molecule is CCOc1ccc(C(N)C(C)(C)N2CCCCCC2)cc1. The monoisotopic (exact) mass is 290 g/mol. The number of nitrogens with zero attached hydrogens (tertiary/aromatic N) is 1. The number of nitrogens with two attached hydrogens (primary N) is 1. The minimum Gasteiger partial charge on any atom is -0.494 e. The number of likely N-dealkylation sites (tertiary alicyclic amines) is 1. The summed E-state index contributed by atoms with van der Waals surface area (Å²) in [4.78, 5) is 2.57. The van der Waals surface area contributed by atoms with Gasteiger partial charge in [0.15, 0.2) is 0 Å². The molecule has 2 rings (SSSR count). The van der Waals surface area contributed by atoms with Crippen molar-refractivity contribution in [3.05, 3.63) is 29.8 Å². The lowest BCUT2D eigenvalue weighted by Gasteiger charge is -2.42. The molecule has 1 heterocycles. The first kappa shape index (κ1) is 16.3. The second-order valence-electron chi connectivity index (χ2n) is 6.53. The van der Waals surface area contributed by atoms with Crippen LogP contribution < -0.4 is 10.5 Å². The molecule has 1 aromatic rings. The lowest BCUT2D eigenvalue weighted by atomic mass is 9.87. The van der Waals surface area contributed by atoms with Gasteiger partial charge in [-0.25, -0.2) is 0 Å². The van der Waals surface area contributed by atoms with Gasteiger partial charge >= 0.3 is 0 Å². The predicted molar refractivity (Wildman–Crippen MR) is 88.7 cm³/mol. The van der Waals surface area contributed by atoms with Crippen molar-refractivity contribution in [2.75, 3.05) is 19.7 Å². The topological polar surface area (TPSA) is 38.5 Å². The highest BCUT2D eigenvalue weighted by molar-refractivity contribution is 5.30. The molecule has 1 fully saturated rings. The molecule has 1 aliphatic rings. The van der Waals surface area contributed by atoms with Gasteiger partial charge in [0, 0.05) is 11.6 Å². The maximum atomic E-state index is 6.60. The average Bonchev–Trinajstić information content (AvgIpc) is 2.77. The third-order valence-electron chi connectivity index (χ3n) is 4.73. The van der Waals surface area contributed by atoms with Crippen LogP contribution in [0.1, 0.15) is 58.1 Å². The Bertz CT molecular complexity index is 419. The van der Waals surface area contributed by atoms with Crippen LogP contribution in [0.4, 0.5) is 0 Å². The zero-order chi connectivity index (χ0) is 15.3. The van der Waals surface area contributed by atoms with Crippen LogP contribution in [0.2, 0.25) is 0 Å². The average molecular weight is 290 g/mol. The first-order valence-corrected chi connectivity index (χ1v) is 8.29. The molecule has 0 amide bonds. The highest BCUT2D eigenvalue weighted by atomic mass is 16.5. The molecule has 118 valence electrons. The van der Waals surface area contributed by atoms with Gasteiger partial charge in [-0.15, -0.1) is 0 Å². The summed E-state index contributed by atoms with van der Waals surface area (Å²) in [6, 6.07) is 8.28. The summed E-state index contributed by atoms with van der Waals surface area (Å²) >= 11 is 0. The zero-order valence-electron chi connectivity index (χ0n) is 13.8. The van der Waals surface area contributed by atoms with E-state index in [1.807, 2.05) is 19.1 Å². The Labute approximate surface area is 129 Å². The standard InChI is InChI=1S/C18H30N2O/c1-4-21-16-11-9-15(10-12-16)17(19)18(2,3)20-13-7-5-6-8-14-20/h9-12,17H,4-8,13-14,19H2,1-3H3. The van der Waals surface area contributed by atoms with Crippen LogP contribution in [-0.2, 0) is 0 Å². The van der Waals surface area contributed by atoms with E-state index in [9.17, 15) is 0 Å². The largest absolute Gasteiger partial charge is 0.494 e. The fourth-order valence-corrected chi connectivity index (χ4v) is 3.19. The second-order valence-corrected chi connectivity index (χ2v) is 6.53. The molecule has 1 saturated heterocycles. The van der Waals surface area contributed by atoms with E-state index in [0.717, 1.165) is 18.8 Å². The molecule has 1 aromatic carbocycles. The van der Waals surface area contributed by atoms with Crippen molar-refractivity contribution in [3.8, 4) is 5.75 Å². The Balaban J connectivity index is 2.10. The fraction of sp³-hybridized carbons (Fsp3) is 0.667. The van der Waals surface area contributed by atoms with Gasteiger partial charge in [0.05, 0.1) is 6.61 Å². The second kappa shape index (κ2) is 7.28. The maximum Gasteiger partial charge on any atom is 0.119 e. The third kappa shape index (κ3) is 3.98. The summed E-state index contributed by atoms with van der Waals surface area (Å²) in [6.45, 7) is 9.58. The van der Waals surface area contributed by atoms with Gasteiger partial charge in [-0.2, -0.15) is 0 Å². The molecule has 1 unspecified atom stereocenters. The Hall–Kier alpha value is -1.06. The zero-order valence-corrected chi connectivity index (χ0v) is 13.8. The lowest BCUT2D eigenvalue weighted by molar-refractivity contribution is 0.0980. The van der Waals surface area contributed by atoms with Crippen LogP contribution in [0, 0.1) is 0 Å². The van der Waals surface area contributed by atoms with Gasteiger partial charge in [0.25, 0.3) is 0 Å². The molecule has 1 atom stereocenters. The Morgan fingerprint density at radius 1 is 1.10 bits per heavy atom. The van der Waals surface area contributed by atoms with Crippen LogP contribution in [0.3, 0.4) is 0 Å². The quantitative estimate of drug-likeness (QED) is 0.898. The van der Waals surface area contributed by atoms with Crippen molar-refractivity contribution >= 4 is 0 Å². The number of benzene rings is 1. The van der Waals surface area contributed by atoms with Crippen LogP contribution in [-0.4, -0.2) is 30.1 Å². The van der Waals surface area contributed by atoms with E-state index in [-0.39, 0.29) is 11.6 Å². The normalized spacial score (nSPS) is 19.0. The van der Waals surface area contributed by atoms with Gasteiger partial charge in [-0.05, 0) is 64.4 Å². The summed E-state index contributed by atoms with van der Waals surface area (Å²) in [5, 5.41) is 0. The molecule has 0 saturated carbocycles. The van der Waals surface area contributed by atoms with Gasteiger partial charge in [0.2, 0.25) is 0 Å². The number of ether oxygens (including phenoxy) is 1.